The molecule has 0 aromatic rings. The summed E-state index contributed by atoms with van der Waals surface area (Å²) in [7, 11) is 0. The lowest BCUT2D eigenvalue weighted by molar-refractivity contribution is 1.19. The Morgan fingerprint density at radius 1 is 1.62 bits per heavy atom. The third-order valence-electron chi connectivity index (χ3n) is 1.21. The Hall–Kier alpha value is -0.230. The van der Waals surface area contributed by atoms with Gasteiger partial charge < -0.3 is 0 Å². The van der Waals surface area contributed by atoms with Gasteiger partial charge in [0.15, 0.2) is 0 Å². The molecule has 8 heavy (non-hydrogen) atoms. The van der Waals surface area contributed by atoms with Gasteiger partial charge in [-0.25, -0.2) is 0 Å². The van der Waals surface area contributed by atoms with Crippen molar-refractivity contribution in [3.8, 4) is 0 Å². The first-order chi connectivity index (χ1) is 3.80. The van der Waals surface area contributed by atoms with Crippen molar-refractivity contribution in [2.75, 3.05) is 0 Å². The van der Waals surface area contributed by atoms with E-state index in [-0.39, 0.29) is 0 Å². The van der Waals surface area contributed by atoms with E-state index in [0.29, 0.717) is 0 Å². The maximum atomic E-state index is 5.76. The van der Waals surface area contributed by atoms with Crippen LogP contribution in [0.15, 0.2) is 22.8 Å². The fourth-order valence-corrected chi connectivity index (χ4v) is 0.787. The molecule has 0 saturated heterocycles. The van der Waals surface area contributed by atoms with Crippen LogP contribution in [-0.2, 0) is 0 Å². The molecule has 0 aromatic heterocycles. The highest BCUT2D eigenvalue weighted by molar-refractivity contribution is 6.30. The summed E-state index contributed by atoms with van der Waals surface area (Å²) in [4.78, 5) is 0. The first kappa shape index (κ1) is 5.90. The van der Waals surface area contributed by atoms with Crippen molar-refractivity contribution in [2.24, 2.45) is 0 Å². The van der Waals surface area contributed by atoms with Gasteiger partial charge in [0.25, 0.3) is 0 Å². The monoisotopic (exact) mass is 127 g/mol. The molecule has 0 bridgehead atoms. The van der Waals surface area contributed by atoms with Crippen molar-refractivity contribution in [2.45, 2.75) is 13.3 Å². The molecular weight excluding hydrogens is 120 g/mol. The highest BCUT2D eigenvalue weighted by atomic mass is 35.5. The molecule has 1 aliphatic carbocycles. The van der Waals surface area contributed by atoms with Crippen molar-refractivity contribution in [3.63, 3.8) is 0 Å². The molecule has 1 heteroatoms. The van der Waals surface area contributed by atoms with E-state index in [1.807, 2.05) is 19.1 Å². The molecular formula is C7H8Cl. The largest absolute Gasteiger partial charge is 0.0888 e. The van der Waals surface area contributed by atoms with Gasteiger partial charge in [-0.05, 0) is 25.3 Å². The molecule has 1 aliphatic rings. The molecule has 1 rings (SSSR count). The van der Waals surface area contributed by atoms with Crippen LogP contribution in [0, 0.1) is 6.42 Å². The van der Waals surface area contributed by atoms with Crippen molar-refractivity contribution in [1.82, 2.24) is 0 Å². The number of allylic oxidation sites excluding steroid dienone is 4. The fourth-order valence-electron chi connectivity index (χ4n) is 0.635. The Morgan fingerprint density at radius 3 is 2.75 bits per heavy atom. The zero-order chi connectivity index (χ0) is 5.98. The molecule has 1 radical (unpaired) electrons. The van der Waals surface area contributed by atoms with Crippen LogP contribution in [0.3, 0.4) is 0 Å². The van der Waals surface area contributed by atoms with Crippen molar-refractivity contribution >= 4 is 11.6 Å². The van der Waals surface area contributed by atoms with Crippen molar-refractivity contribution < 1.29 is 0 Å². The topological polar surface area (TPSA) is 0 Å². The number of halogens is 1. The fraction of sp³-hybridized carbons (Fsp3) is 0.286. The van der Waals surface area contributed by atoms with E-state index in [1.165, 1.54) is 5.57 Å². The van der Waals surface area contributed by atoms with Crippen LogP contribution >= 0.6 is 11.6 Å². The number of rotatable bonds is 0. The van der Waals surface area contributed by atoms with Crippen LogP contribution < -0.4 is 0 Å². The van der Waals surface area contributed by atoms with E-state index in [0.717, 1.165) is 11.5 Å². The van der Waals surface area contributed by atoms with Gasteiger partial charge in [0.05, 0.1) is 0 Å². The predicted molar refractivity (Wildman–Crippen MR) is 36.6 cm³/mol. The highest BCUT2D eigenvalue weighted by Crippen LogP contribution is 2.20. The average Bonchev–Trinajstić information content (AvgIpc) is 1.77. The van der Waals surface area contributed by atoms with Crippen molar-refractivity contribution in [1.29, 1.82) is 0 Å². The molecule has 0 N–H and O–H groups in total. The Kier molecular flexibility index (Phi) is 1.74. The summed E-state index contributed by atoms with van der Waals surface area (Å²) in [6.45, 7) is 2.02. The second-order valence-corrected chi connectivity index (χ2v) is 2.34. The summed E-state index contributed by atoms with van der Waals surface area (Å²) in [5.74, 6) is 0. The molecule has 0 amide bonds. The van der Waals surface area contributed by atoms with Crippen LogP contribution in [0.4, 0.5) is 0 Å². The zero-order valence-corrected chi connectivity index (χ0v) is 5.57. The summed E-state index contributed by atoms with van der Waals surface area (Å²) in [6.07, 6.45) is 7.01. The lowest BCUT2D eigenvalue weighted by Gasteiger charge is -2.03. The third kappa shape index (κ3) is 1.13. The van der Waals surface area contributed by atoms with Gasteiger partial charge in [0, 0.05) is 5.03 Å². The van der Waals surface area contributed by atoms with Gasteiger partial charge in [-0.3, -0.25) is 0 Å². The van der Waals surface area contributed by atoms with Gasteiger partial charge >= 0.3 is 0 Å². The highest BCUT2D eigenvalue weighted by Gasteiger charge is 1.99. The normalized spacial score (nSPS) is 19.8. The summed E-state index contributed by atoms with van der Waals surface area (Å²) in [6, 6.07) is 0. The van der Waals surface area contributed by atoms with E-state index in [9.17, 15) is 0 Å². The Morgan fingerprint density at radius 2 is 2.38 bits per heavy atom. The van der Waals surface area contributed by atoms with E-state index in [4.69, 9.17) is 11.6 Å². The smallest absolute Gasteiger partial charge is 0.0216 e. The van der Waals surface area contributed by atoms with E-state index >= 15 is 0 Å². The Bertz CT molecular complexity index is 142. The molecule has 0 unspecified atom stereocenters. The number of hydrogen-bond donors (Lipinski definition) is 0. The molecule has 0 spiro atoms. The minimum absolute atomic E-state index is 0.907. The van der Waals surface area contributed by atoms with Crippen molar-refractivity contribution in [3.05, 3.63) is 29.2 Å². The Labute approximate surface area is 54.8 Å². The standard InChI is InChI=1S/C7H8Cl/c1-6-4-2-3-5-7(6)8/h2-4H,5H2,1H3. The zero-order valence-electron chi connectivity index (χ0n) is 4.82. The number of hydrogen-bond acceptors (Lipinski definition) is 0. The molecule has 43 valence electrons. The maximum Gasteiger partial charge on any atom is 0.0216 e. The average molecular weight is 128 g/mol. The Balaban J connectivity index is 2.76. The van der Waals surface area contributed by atoms with Crippen LogP contribution in [0.25, 0.3) is 0 Å². The second-order valence-electron chi connectivity index (χ2n) is 1.89. The quantitative estimate of drug-likeness (QED) is 0.469. The van der Waals surface area contributed by atoms with E-state index < -0.39 is 0 Å². The van der Waals surface area contributed by atoms with Crippen LogP contribution in [0.1, 0.15) is 13.3 Å². The molecule has 0 heterocycles. The lowest BCUT2D eigenvalue weighted by atomic mass is 10.1. The molecule has 0 atom stereocenters. The van der Waals surface area contributed by atoms with Gasteiger partial charge in [-0.1, -0.05) is 23.8 Å². The van der Waals surface area contributed by atoms with Gasteiger partial charge in [-0.2, -0.15) is 0 Å². The first-order valence-corrected chi connectivity index (χ1v) is 3.03. The summed E-state index contributed by atoms with van der Waals surface area (Å²) >= 11 is 5.76. The summed E-state index contributed by atoms with van der Waals surface area (Å²) in [5, 5.41) is 0.965. The molecule has 0 aromatic carbocycles. The van der Waals surface area contributed by atoms with Gasteiger partial charge in [0.2, 0.25) is 0 Å². The third-order valence-corrected chi connectivity index (χ3v) is 1.66. The van der Waals surface area contributed by atoms with Crippen LogP contribution in [-0.4, -0.2) is 0 Å². The lowest BCUT2D eigenvalue weighted by Crippen LogP contribution is -1.84. The minimum Gasteiger partial charge on any atom is -0.0888 e. The molecule has 0 saturated carbocycles. The van der Waals surface area contributed by atoms with E-state index in [2.05, 4.69) is 6.42 Å². The van der Waals surface area contributed by atoms with Crippen LogP contribution in [0.2, 0.25) is 0 Å². The maximum absolute atomic E-state index is 5.76. The first-order valence-electron chi connectivity index (χ1n) is 2.66. The van der Waals surface area contributed by atoms with E-state index in [1.54, 1.807) is 0 Å². The summed E-state index contributed by atoms with van der Waals surface area (Å²) in [5.41, 5.74) is 1.19. The van der Waals surface area contributed by atoms with Gasteiger partial charge in [-0.15, -0.1) is 0 Å². The minimum atomic E-state index is 0.907. The SMILES string of the molecule is CC1=C(Cl)C[CH]C=C1. The van der Waals surface area contributed by atoms with Crippen LogP contribution in [0.5, 0.6) is 0 Å². The molecule has 0 fully saturated rings. The molecule has 0 nitrogen and oxygen atoms in total. The second kappa shape index (κ2) is 2.36. The summed E-state index contributed by atoms with van der Waals surface area (Å²) < 4.78 is 0. The van der Waals surface area contributed by atoms with Gasteiger partial charge in [0.1, 0.15) is 0 Å². The predicted octanol–water partition coefficient (Wildman–Crippen LogP) is 2.66. The molecule has 0 aliphatic heterocycles.